The van der Waals surface area contributed by atoms with Crippen LogP contribution in [-0.4, -0.2) is 36.4 Å². The molecule has 0 aliphatic rings. The summed E-state index contributed by atoms with van der Waals surface area (Å²) in [6.07, 6.45) is 73.3. The van der Waals surface area contributed by atoms with Crippen molar-refractivity contribution in [3.63, 3.8) is 0 Å². The van der Waals surface area contributed by atoms with Gasteiger partial charge in [-0.15, -0.1) is 0 Å². The maximum atomic E-state index is 12.3. The SMILES string of the molecule is CC/C=C\C/C=C\C/C=C\C/C=C\CCCCCCCCCCCCCCC(=O)OC(CO)COC(=O)CCCCCCCCCCCCCCC/C=C\CCCCCCCCCC. The number of carbonyl (C=O) groups excluding carboxylic acids is 2. The van der Waals surface area contributed by atoms with Gasteiger partial charge in [0.25, 0.3) is 0 Å². The normalized spacial score (nSPS) is 12.6. The van der Waals surface area contributed by atoms with Crippen molar-refractivity contribution in [2.24, 2.45) is 0 Å². The molecule has 5 nitrogen and oxygen atoms in total. The van der Waals surface area contributed by atoms with Crippen LogP contribution < -0.4 is 0 Å². The smallest absolute Gasteiger partial charge is 0.306 e. The molecule has 5 heteroatoms. The average Bonchev–Trinajstić information content (AvgIpc) is 3.30. The number of aliphatic hydroxyl groups excluding tert-OH is 1. The summed E-state index contributed by atoms with van der Waals surface area (Å²) >= 11 is 0. The zero-order valence-electron chi connectivity index (χ0n) is 42.5. The molecule has 0 bridgehead atoms. The first-order valence-electron chi connectivity index (χ1n) is 27.8. The van der Waals surface area contributed by atoms with Crippen LogP contribution in [0.1, 0.15) is 284 Å². The van der Waals surface area contributed by atoms with Gasteiger partial charge in [0.15, 0.2) is 6.10 Å². The molecule has 0 spiro atoms. The molecule has 0 aromatic carbocycles. The van der Waals surface area contributed by atoms with Crippen molar-refractivity contribution in [1.82, 2.24) is 0 Å². The van der Waals surface area contributed by atoms with E-state index in [-0.39, 0.29) is 25.2 Å². The monoisotopic (exact) mass is 895 g/mol. The first-order chi connectivity index (χ1) is 31.6. The molecule has 0 fully saturated rings. The highest BCUT2D eigenvalue weighted by atomic mass is 16.6. The fourth-order valence-electron chi connectivity index (χ4n) is 8.13. The third kappa shape index (κ3) is 52.2. The summed E-state index contributed by atoms with van der Waals surface area (Å²) in [7, 11) is 0. The van der Waals surface area contributed by atoms with E-state index in [1.165, 1.54) is 193 Å². The molecule has 1 atom stereocenters. The summed E-state index contributed by atoms with van der Waals surface area (Å²) in [5.41, 5.74) is 0. The lowest BCUT2D eigenvalue weighted by molar-refractivity contribution is -0.161. The Bertz CT molecular complexity index is 1100. The van der Waals surface area contributed by atoms with Crippen LogP contribution in [0.2, 0.25) is 0 Å². The molecule has 0 radical (unpaired) electrons. The van der Waals surface area contributed by atoms with E-state index in [0.717, 1.165) is 64.2 Å². The van der Waals surface area contributed by atoms with Gasteiger partial charge in [0.1, 0.15) is 6.61 Å². The lowest BCUT2D eigenvalue weighted by Crippen LogP contribution is -2.28. The number of hydrogen-bond acceptors (Lipinski definition) is 5. The zero-order valence-corrected chi connectivity index (χ0v) is 42.5. The van der Waals surface area contributed by atoms with Crippen molar-refractivity contribution in [2.75, 3.05) is 13.2 Å². The molecule has 0 aromatic rings. The Morgan fingerprint density at radius 2 is 0.672 bits per heavy atom. The number of carbonyl (C=O) groups is 2. The third-order valence-corrected chi connectivity index (χ3v) is 12.3. The summed E-state index contributed by atoms with van der Waals surface area (Å²) in [6, 6.07) is 0. The molecule has 0 saturated heterocycles. The third-order valence-electron chi connectivity index (χ3n) is 12.3. The molecule has 0 heterocycles. The van der Waals surface area contributed by atoms with Gasteiger partial charge in [-0.1, -0.05) is 254 Å². The molecule has 64 heavy (non-hydrogen) atoms. The molecule has 1 N–H and O–H groups in total. The predicted octanol–water partition coefficient (Wildman–Crippen LogP) is 18.6. The van der Waals surface area contributed by atoms with E-state index in [1.54, 1.807) is 0 Å². The number of hydrogen-bond donors (Lipinski definition) is 1. The molecular weight excluding hydrogens is 789 g/mol. The van der Waals surface area contributed by atoms with Gasteiger partial charge >= 0.3 is 11.9 Å². The lowest BCUT2D eigenvalue weighted by atomic mass is 10.0. The number of allylic oxidation sites excluding steroid dienone is 10. The van der Waals surface area contributed by atoms with Crippen LogP contribution in [0.4, 0.5) is 0 Å². The second-order valence-corrected chi connectivity index (χ2v) is 18.6. The Morgan fingerprint density at radius 1 is 0.375 bits per heavy atom. The summed E-state index contributed by atoms with van der Waals surface area (Å²) in [5.74, 6) is -0.583. The quantitative estimate of drug-likeness (QED) is 0.0374. The molecule has 0 rings (SSSR count). The van der Waals surface area contributed by atoms with Crippen molar-refractivity contribution in [3.8, 4) is 0 Å². The van der Waals surface area contributed by atoms with Crippen LogP contribution in [0.3, 0.4) is 0 Å². The molecule has 1 unspecified atom stereocenters. The van der Waals surface area contributed by atoms with E-state index in [0.29, 0.717) is 12.8 Å². The van der Waals surface area contributed by atoms with E-state index in [9.17, 15) is 14.7 Å². The summed E-state index contributed by atoms with van der Waals surface area (Å²) in [6.45, 7) is 4.06. The number of unbranched alkanes of at least 4 members (excludes halogenated alkanes) is 33. The number of esters is 2. The highest BCUT2D eigenvalue weighted by molar-refractivity contribution is 5.70. The molecule has 0 saturated carbocycles. The van der Waals surface area contributed by atoms with Gasteiger partial charge in [-0.05, 0) is 77.0 Å². The first kappa shape index (κ1) is 61.6. The van der Waals surface area contributed by atoms with Crippen LogP contribution in [-0.2, 0) is 19.1 Å². The summed E-state index contributed by atoms with van der Waals surface area (Å²) in [4.78, 5) is 24.5. The summed E-state index contributed by atoms with van der Waals surface area (Å²) < 4.78 is 10.7. The molecular formula is C59H106O5. The highest BCUT2D eigenvalue weighted by Crippen LogP contribution is 2.16. The largest absolute Gasteiger partial charge is 0.462 e. The minimum absolute atomic E-state index is 0.0656. The number of rotatable bonds is 51. The standard InChI is InChI=1S/C59H106O5/c1-3-5-7-9-11-13-15-17-19-21-23-25-27-29-31-33-35-37-39-41-43-45-47-49-51-53-58(61)63-56-57(55-60)64-59(62)54-52-50-48-46-44-42-40-38-36-34-32-30-28-26-24-22-20-18-16-14-12-10-8-6-4-2/h6,8,12,14,18,20-21,23-24,26,57,60H,3-5,7,9-11,13,15-17,19,22,25,27-56H2,1-2H3/b8-6-,14-12-,20-18-,23-21-,26-24-. The fraction of sp³-hybridized carbons (Fsp3) is 0.797. The predicted molar refractivity (Wildman–Crippen MR) is 279 cm³/mol. The number of ether oxygens (including phenoxy) is 2. The maximum absolute atomic E-state index is 12.3. The highest BCUT2D eigenvalue weighted by Gasteiger charge is 2.16. The Hall–Kier alpha value is -2.40. The van der Waals surface area contributed by atoms with Crippen LogP contribution in [0, 0.1) is 0 Å². The second-order valence-electron chi connectivity index (χ2n) is 18.6. The Labute approximate surface area is 398 Å². The average molecular weight is 895 g/mol. The van der Waals surface area contributed by atoms with Crippen molar-refractivity contribution >= 4 is 11.9 Å². The Kier molecular flexibility index (Phi) is 52.9. The van der Waals surface area contributed by atoms with Crippen molar-refractivity contribution in [3.05, 3.63) is 60.8 Å². The van der Waals surface area contributed by atoms with E-state index >= 15 is 0 Å². The molecule has 0 aliphatic carbocycles. The van der Waals surface area contributed by atoms with Crippen molar-refractivity contribution < 1.29 is 24.2 Å². The van der Waals surface area contributed by atoms with E-state index < -0.39 is 6.10 Å². The maximum Gasteiger partial charge on any atom is 0.306 e. The van der Waals surface area contributed by atoms with Gasteiger partial charge in [0, 0.05) is 12.8 Å². The minimum atomic E-state index is -0.775. The van der Waals surface area contributed by atoms with Gasteiger partial charge in [-0.3, -0.25) is 9.59 Å². The van der Waals surface area contributed by atoms with Gasteiger partial charge in [0.2, 0.25) is 0 Å². The fourth-order valence-corrected chi connectivity index (χ4v) is 8.13. The van der Waals surface area contributed by atoms with Gasteiger partial charge in [-0.2, -0.15) is 0 Å². The van der Waals surface area contributed by atoms with Crippen LogP contribution in [0.15, 0.2) is 60.8 Å². The second kappa shape index (κ2) is 54.9. The van der Waals surface area contributed by atoms with Crippen LogP contribution >= 0.6 is 0 Å². The van der Waals surface area contributed by atoms with E-state index in [1.807, 2.05) is 0 Å². The van der Waals surface area contributed by atoms with Crippen molar-refractivity contribution in [1.29, 1.82) is 0 Å². The molecule has 0 amide bonds. The van der Waals surface area contributed by atoms with E-state index in [2.05, 4.69) is 74.6 Å². The molecule has 0 aromatic heterocycles. The Balaban J connectivity index is 3.47. The first-order valence-corrected chi connectivity index (χ1v) is 27.8. The zero-order chi connectivity index (χ0) is 46.3. The van der Waals surface area contributed by atoms with E-state index in [4.69, 9.17) is 9.47 Å². The summed E-state index contributed by atoms with van der Waals surface area (Å²) in [5, 5.41) is 9.65. The van der Waals surface area contributed by atoms with Crippen LogP contribution in [0.25, 0.3) is 0 Å². The van der Waals surface area contributed by atoms with Crippen molar-refractivity contribution in [2.45, 2.75) is 290 Å². The Morgan fingerprint density at radius 3 is 1.03 bits per heavy atom. The molecule has 372 valence electrons. The minimum Gasteiger partial charge on any atom is -0.462 e. The molecule has 0 aliphatic heterocycles. The number of aliphatic hydroxyl groups is 1. The van der Waals surface area contributed by atoms with Gasteiger partial charge in [-0.25, -0.2) is 0 Å². The van der Waals surface area contributed by atoms with Crippen LogP contribution in [0.5, 0.6) is 0 Å². The van der Waals surface area contributed by atoms with Gasteiger partial charge < -0.3 is 14.6 Å². The van der Waals surface area contributed by atoms with Gasteiger partial charge in [0.05, 0.1) is 6.61 Å². The lowest BCUT2D eigenvalue weighted by Gasteiger charge is -2.15. The topological polar surface area (TPSA) is 72.8 Å².